The summed E-state index contributed by atoms with van der Waals surface area (Å²) in [5.41, 5.74) is 1.75. The fourth-order valence-corrected chi connectivity index (χ4v) is 4.28. The Hall–Kier alpha value is -1.56. The van der Waals surface area contributed by atoms with Gasteiger partial charge in [0.15, 0.2) is 9.84 Å². The Morgan fingerprint density at radius 2 is 1.90 bits per heavy atom. The molecule has 1 aromatic carbocycles. The molecule has 1 N–H and O–H groups in total. The lowest BCUT2D eigenvalue weighted by atomic mass is 10.2. The predicted octanol–water partition coefficient (Wildman–Crippen LogP) is 1.27. The van der Waals surface area contributed by atoms with Crippen LogP contribution in [-0.4, -0.2) is 38.9 Å². The first-order chi connectivity index (χ1) is 9.98. The smallest absolute Gasteiger partial charge is 0.230 e. The fraction of sp³-hybridized carbons (Fsp3) is 0.533. The van der Waals surface area contributed by atoms with Crippen LogP contribution in [0.2, 0.25) is 0 Å². The topological polar surface area (TPSA) is 66.5 Å². The van der Waals surface area contributed by atoms with Gasteiger partial charge in [-0.05, 0) is 37.0 Å². The summed E-state index contributed by atoms with van der Waals surface area (Å²) in [6, 6.07) is 7.69. The first-order valence-electron chi connectivity index (χ1n) is 7.35. The number of carbonyl (C=O) groups is 1. The normalized spacial score (nSPS) is 32.2. The second kappa shape index (κ2) is 4.22. The third-order valence-electron chi connectivity index (χ3n) is 4.95. The van der Waals surface area contributed by atoms with E-state index in [4.69, 9.17) is 0 Å². The number of sulfone groups is 1. The fourth-order valence-electron chi connectivity index (χ4n) is 3.08. The lowest BCUT2D eigenvalue weighted by Gasteiger charge is -2.29. The third kappa shape index (κ3) is 2.31. The Balaban J connectivity index is 1.46. The third-order valence-corrected chi connectivity index (χ3v) is 6.56. The van der Waals surface area contributed by atoms with Gasteiger partial charge in [0, 0.05) is 24.5 Å². The van der Waals surface area contributed by atoms with Gasteiger partial charge in [0.25, 0.3) is 0 Å². The van der Waals surface area contributed by atoms with Crippen LogP contribution in [0.15, 0.2) is 24.3 Å². The molecule has 6 heteroatoms. The summed E-state index contributed by atoms with van der Waals surface area (Å²) < 4.78 is 23.0. The molecule has 0 aromatic heterocycles. The van der Waals surface area contributed by atoms with Crippen LogP contribution < -0.4 is 10.2 Å². The lowest BCUT2D eigenvalue weighted by molar-refractivity contribution is -0.119. The number of hydrogen-bond donors (Lipinski definition) is 1. The van der Waals surface area contributed by atoms with Gasteiger partial charge in [0.05, 0.1) is 16.9 Å². The summed E-state index contributed by atoms with van der Waals surface area (Å²) in [6.45, 7) is 1.04. The van der Waals surface area contributed by atoms with Crippen LogP contribution in [0.1, 0.15) is 12.8 Å². The minimum Gasteiger partial charge on any atom is -0.369 e. The van der Waals surface area contributed by atoms with Gasteiger partial charge in [0.2, 0.25) is 5.91 Å². The number of hydrogen-bond acceptors (Lipinski definition) is 4. The van der Waals surface area contributed by atoms with E-state index in [9.17, 15) is 13.2 Å². The molecule has 1 aliphatic heterocycles. The largest absolute Gasteiger partial charge is 0.369 e. The van der Waals surface area contributed by atoms with E-state index in [0.29, 0.717) is 19.0 Å². The molecule has 0 spiro atoms. The molecule has 0 radical (unpaired) electrons. The van der Waals surface area contributed by atoms with Gasteiger partial charge in [0.1, 0.15) is 0 Å². The predicted molar refractivity (Wildman–Crippen MR) is 81.1 cm³/mol. The number of benzene rings is 1. The van der Waals surface area contributed by atoms with Crippen LogP contribution in [0.5, 0.6) is 0 Å². The Morgan fingerprint density at radius 1 is 1.24 bits per heavy atom. The second-order valence-electron chi connectivity index (χ2n) is 6.40. The van der Waals surface area contributed by atoms with E-state index in [1.807, 2.05) is 24.3 Å². The molecule has 3 fully saturated rings. The summed E-state index contributed by atoms with van der Waals surface area (Å²) in [6.07, 6.45) is 2.09. The zero-order chi connectivity index (χ0) is 14.7. The van der Waals surface area contributed by atoms with E-state index >= 15 is 0 Å². The standard InChI is InChI=1S/C15H18N2O3S/c18-14(15-9-11(15)10-15)16-12-2-1-3-13(8-12)17-4-6-21(19,20)7-5-17/h1-3,8,11H,4-7,9-10H2,(H,16,18). The van der Waals surface area contributed by atoms with Crippen LogP contribution in [-0.2, 0) is 14.6 Å². The number of rotatable bonds is 3. The highest BCUT2D eigenvalue weighted by Gasteiger charge is 2.74. The molecule has 112 valence electrons. The van der Waals surface area contributed by atoms with Crippen LogP contribution >= 0.6 is 0 Å². The number of anilines is 2. The molecule has 21 heavy (non-hydrogen) atoms. The Bertz CT molecular complexity index is 693. The molecular formula is C15H18N2O3S. The second-order valence-corrected chi connectivity index (χ2v) is 8.71. The molecule has 1 aromatic rings. The molecule has 1 heterocycles. The van der Waals surface area contributed by atoms with Crippen molar-refractivity contribution in [2.24, 2.45) is 11.3 Å². The quantitative estimate of drug-likeness (QED) is 0.913. The first-order valence-corrected chi connectivity index (χ1v) is 9.18. The van der Waals surface area contributed by atoms with E-state index in [2.05, 4.69) is 10.2 Å². The number of carbonyl (C=O) groups excluding carboxylic acids is 1. The van der Waals surface area contributed by atoms with Crippen molar-refractivity contribution in [2.45, 2.75) is 12.8 Å². The number of fused-ring (bicyclic) bond motifs is 1. The first kappa shape index (κ1) is 13.1. The molecule has 3 aliphatic rings. The van der Waals surface area contributed by atoms with Gasteiger partial charge in [-0.3, -0.25) is 4.79 Å². The lowest BCUT2D eigenvalue weighted by Crippen LogP contribution is -2.40. The van der Waals surface area contributed by atoms with Crippen LogP contribution in [0.4, 0.5) is 11.4 Å². The average Bonchev–Trinajstić information content (AvgIpc) is 3.28. The van der Waals surface area contributed by atoms with Gasteiger partial charge in [-0.25, -0.2) is 8.42 Å². The van der Waals surface area contributed by atoms with E-state index in [1.54, 1.807) is 0 Å². The highest BCUT2D eigenvalue weighted by Crippen LogP contribution is 2.75. The Morgan fingerprint density at radius 3 is 2.52 bits per heavy atom. The van der Waals surface area contributed by atoms with E-state index in [-0.39, 0.29) is 22.8 Å². The maximum Gasteiger partial charge on any atom is 0.230 e. The zero-order valence-corrected chi connectivity index (χ0v) is 12.5. The van der Waals surface area contributed by atoms with Crippen molar-refractivity contribution in [1.29, 1.82) is 0 Å². The van der Waals surface area contributed by atoms with E-state index < -0.39 is 9.84 Å². The SMILES string of the molecule is O=C(Nc1cccc(N2CCS(=O)(=O)CC2)c1)C12CC1C2. The highest BCUT2D eigenvalue weighted by molar-refractivity contribution is 7.91. The number of amides is 1. The molecule has 5 nitrogen and oxygen atoms in total. The number of nitrogens with one attached hydrogen (secondary N) is 1. The maximum absolute atomic E-state index is 12.1. The highest BCUT2D eigenvalue weighted by atomic mass is 32.2. The molecule has 2 aliphatic carbocycles. The molecular weight excluding hydrogens is 288 g/mol. The Labute approximate surface area is 124 Å². The van der Waals surface area contributed by atoms with Crippen LogP contribution in [0.3, 0.4) is 0 Å². The van der Waals surface area contributed by atoms with E-state index in [0.717, 1.165) is 24.2 Å². The molecule has 1 saturated heterocycles. The monoisotopic (exact) mass is 306 g/mol. The van der Waals surface area contributed by atoms with Gasteiger partial charge in [-0.2, -0.15) is 0 Å². The van der Waals surface area contributed by atoms with Crippen molar-refractivity contribution < 1.29 is 13.2 Å². The molecule has 0 atom stereocenters. The van der Waals surface area contributed by atoms with Crippen LogP contribution in [0.25, 0.3) is 0 Å². The van der Waals surface area contributed by atoms with Gasteiger partial charge < -0.3 is 10.2 Å². The summed E-state index contributed by atoms with van der Waals surface area (Å²) in [4.78, 5) is 14.2. The maximum atomic E-state index is 12.1. The molecule has 4 rings (SSSR count). The van der Waals surface area contributed by atoms with E-state index in [1.165, 1.54) is 0 Å². The minimum atomic E-state index is -2.87. The van der Waals surface area contributed by atoms with Gasteiger partial charge >= 0.3 is 0 Å². The molecule has 0 unspecified atom stereocenters. The average molecular weight is 306 g/mol. The number of nitrogens with zero attached hydrogens (tertiary/aromatic N) is 1. The summed E-state index contributed by atoms with van der Waals surface area (Å²) in [5.74, 6) is 1.18. The van der Waals surface area contributed by atoms with Crippen molar-refractivity contribution in [3.05, 3.63) is 24.3 Å². The molecule has 2 saturated carbocycles. The van der Waals surface area contributed by atoms with Crippen molar-refractivity contribution in [3.63, 3.8) is 0 Å². The summed E-state index contributed by atoms with van der Waals surface area (Å²) in [5, 5.41) is 3.00. The summed E-state index contributed by atoms with van der Waals surface area (Å²) >= 11 is 0. The Kier molecular flexibility index (Phi) is 2.64. The van der Waals surface area contributed by atoms with Crippen LogP contribution in [0, 0.1) is 11.3 Å². The van der Waals surface area contributed by atoms with Gasteiger partial charge in [-0.1, -0.05) is 6.07 Å². The van der Waals surface area contributed by atoms with Gasteiger partial charge in [-0.15, -0.1) is 0 Å². The van der Waals surface area contributed by atoms with Crippen molar-refractivity contribution >= 4 is 27.1 Å². The zero-order valence-electron chi connectivity index (χ0n) is 11.7. The summed E-state index contributed by atoms with van der Waals surface area (Å²) in [7, 11) is -2.87. The minimum absolute atomic E-state index is 0.0325. The van der Waals surface area contributed by atoms with Crippen molar-refractivity contribution in [2.75, 3.05) is 34.8 Å². The van der Waals surface area contributed by atoms with Crippen molar-refractivity contribution in [1.82, 2.24) is 0 Å². The molecule has 1 amide bonds. The molecule has 0 bridgehead atoms. The van der Waals surface area contributed by atoms with Crippen molar-refractivity contribution in [3.8, 4) is 0 Å².